The molecule has 0 saturated heterocycles. The van der Waals surface area contributed by atoms with Crippen molar-refractivity contribution in [1.29, 1.82) is 0 Å². The van der Waals surface area contributed by atoms with Crippen molar-refractivity contribution >= 4 is 56.5 Å². The van der Waals surface area contributed by atoms with Crippen LogP contribution in [0.3, 0.4) is 0 Å². The molecule has 3 aromatic rings. The van der Waals surface area contributed by atoms with Crippen molar-refractivity contribution < 1.29 is 18.0 Å². The Labute approximate surface area is 159 Å². The third kappa shape index (κ3) is 4.11. The summed E-state index contributed by atoms with van der Waals surface area (Å²) in [6.45, 7) is 1.65. The Balaban J connectivity index is 1.75. The molecule has 3 rings (SSSR count). The summed E-state index contributed by atoms with van der Waals surface area (Å²) in [6, 6.07) is 5.12. The minimum Gasteiger partial charge on any atom is -0.325 e. The largest absolute Gasteiger partial charge is 0.417 e. The van der Waals surface area contributed by atoms with E-state index in [1.807, 2.05) is 11.4 Å². The molecule has 26 heavy (non-hydrogen) atoms. The number of thioether (sulfide) groups is 1. The number of fused-ring (bicyclic) bond motifs is 1. The fourth-order valence-corrected chi connectivity index (χ4v) is 4.07. The molecule has 1 unspecified atom stereocenters. The highest BCUT2D eigenvalue weighted by molar-refractivity contribution is 8.00. The van der Waals surface area contributed by atoms with E-state index in [0.29, 0.717) is 5.03 Å². The molecule has 0 saturated carbocycles. The second-order valence-corrected chi connectivity index (χ2v) is 7.89. The van der Waals surface area contributed by atoms with Crippen LogP contribution in [0.2, 0.25) is 5.02 Å². The van der Waals surface area contributed by atoms with Crippen LogP contribution in [0.25, 0.3) is 10.2 Å². The number of halogens is 4. The predicted molar refractivity (Wildman–Crippen MR) is 97.8 cm³/mol. The average molecular weight is 418 g/mol. The highest BCUT2D eigenvalue weighted by atomic mass is 35.5. The SMILES string of the molecule is CC(Sc1ncnc2sccc12)C(=O)Nc1ccc(Cl)c(C(F)(F)F)c1. The third-order valence-corrected chi connectivity index (χ3v) is 5.69. The van der Waals surface area contributed by atoms with Crippen LogP contribution in [0.4, 0.5) is 18.9 Å². The summed E-state index contributed by atoms with van der Waals surface area (Å²) >= 11 is 8.26. The first-order valence-electron chi connectivity index (χ1n) is 7.28. The zero-order valence-electron chi connectivity index (χ0n) is 13.2. The Morgan fingerprint density at radius 2 is 2.08 bits per heavy atom. The Kier molecular flexibility index (Phi) is 5.40. The topological polar surface area (TPSA) is 54.9 Å². The fraction of sp³-hybridized carbons (Fsp3) is 0.188. The van der Waals surface area contributed by atoms with Crippen molar-refractivity contribution in [1.82, 2.24) is 9.97 Å². The van der Waals surface area contributed by atoms with Gasteiger partial charge in [-0.15, -0.1) is 11.3 Å². The molecule has 1 atom stereocenters. The molecular weight excluding hydrogens is 407 g/mol. The van der Waals surface area contributed by atoms with Gasteiger partial charge in [0.2, 0.25) is 5.91 Å². The molecule has 10 heteroatoms. The number of hydrogen-bond acceptors (Lipinski definition) is 5. The van der Waals surface area contributed by atoms with Crippen molar-refractivity contribution in [2.45, 2.75) is 23.4 Å². The molecule has 0 aliphatic rings. The predicted octanol–water partition coefficient (Wildman–Crippen LogP) is 5.48. The van der Waals surface area contributed by atoms with Crippen molar-refractivity contribution in [2.24, 2.45) is 0 Å². The molecule has 2 heterocycles. The van der Waals surface area contributed by atoms with E-state index >= 15 is 0 Å². The minimum absolute atomic E-state index is 0.0301. The lowest BCUT2D eigenvalue weighted by atomic mass is 10.2. The first kappa shape index (κ1) is 18.9. The highest BCUT2D eigenvalue weighted by Gasteiger charge is 2.33. The lowest BCUT2D eigenvalue weighted by molar-refractivity contribution is -0.137. The standard InChI is InChI=1S/C16H11ClF3N3OS2/c1-8(26-15-10-4-5-25-14(10)21-7-22-15)13(24)23-9-2-3-12(17)11(6-9)16(18,19)20/h2-8H,1H3,(H,23,24). The molecule has 0 bridgehead atoms. The van der Waals surface area contributed by atoms with Crippen LogP contribution in [-0.4, -0.2) is 21.1 Å². The van der Waals surface area contributed by atoms with Crippen LogP contribution in [-0.2, 0) is 11.0 Å². The normalized spacial score (nSPS) is 13.0. The maximum Gasteiger partial charge on any atom is 0.417 e. The lowest BCUT2D eigenvalue weighted by Gasteiger charge is -2.14. The van der Waals surface area contributed by atoms with Gasteiger partial charge in [0.25, 0.3) is 0 Å². The Bertz CT molecular complexity index is 961. The molecule has 1 N–H and O–H groups in total. The molecule has 0 aliphatic carbocycles. The quantitative estimate of drug-likeness (QED) is 0.451. The van der Waals surface area contributed by atoms with Crippen LogP contribution in [0.1, 0.15) is 12.5 Å². The second kappa shape index (κ2) is 7.42. The second-order valence-electron chi connectivity index (χ2n) is 5.26. The van der Waals surface area contributed by atoms with E-state index in [4.69, 9.17) is 11.6 Å². The van der Waals surface area contributed by atoms with E-state index in [-0.39, 0.29) is 5.69 Å². The summed E-state index contributed by atoms with van der Waals surface area (Å²) in [5, 5.41) is 4.86. The van der Waals surface area contributed by atoms with Crippen LogP contribution in [0.15, 0.2) is 41.0 Å². The van der Waals surface area contributed by atoms with Gasteiger partial charge in [-0.1, -0.05) is 23.4 Å². The number of nitrogens with one attached hydrogen (secondary N) is 1. The lowest BCUT2D eigenvalue weighted by Crippen LogP contribution is -2.22. The van der Waals surface area contributed by atoms with Crippen LogP contribution >= 0.6 is 34.7 Å². The number of anilines is 1. The molecule has 0 aliphatic heterocycles. The molecule has 1 aromatic carbocycles. The smallest absolute Gasteiger partial charge is 0.325 e. The molecular formula is C16H11ClF3N3OS2. The van der Waals surface area contributed by atoms with Gasteiger partial charge in [-0.25, -0.2) is 9.97 Å². The average Bonchev–Trinajstić information content (AvgIpc) is 3.05. The van der Waals surface area contributed by atoms with Gasteiger partial charge in [-0.3, -0.25) is 4.79 Å². The molecule has 0 spiro atoms. The van der Waals surface area contributed by atoms with Gasteiger partial charge in [-0.2, -0.15) is 13.2 Å². The van der Waals surface area contributed by atoms with Crippen molar-refractivity contribution in [3.05, 3.63) is 46.6 Å². The Morgan fingerprint density at radius 1 is 1.31 bits per heavy atom. The number of rotatable bonds is 4. The summed E-state index contributed by atoms with van der Waals surface area (Å²) in [7, 11) is 0. The van der Waals surface area contributed by atoms with Crippen molar-refractivity contribution in [2.75, 3.05) is 5.32 Å². The van der Waals surface area contributed by atoms with E-state index in [9.17, 15) is 18.0 Å². The number of carbonyl (C=O) groups is 1. The molecule has 4 nitrogen and oxygen atoms in total. The number of aromatic nitrogens is 2. The summed E-state index contributed by atoms with van der Waals surface area (Å²) in [4.78, 5) is 21.5. The molecule has 2 aromatic heterocycles. The number of nitrogens with zero attached hydrogens (tertiary/aromatic N) is 2. The highest BCUT2D eigenvalue weighted by Crippen LogP contribution is 2.36. The van der Waals surface area contributed by atoms with Gasteiger partial charge in [0.05, 0.1) is 15.8 Å². The fourth-order valence-electron chi connectivity index (χ4n) is 2.15. The van der Waals surface area contributed by atoms with E-state index in [1.165, 1.54) is 35.5 Å². The zero-order valence-corrected chi connectivity index (χ0v) is 15.6. The van der Waals surface area contributed by atoms with E-state index in [0.717, 1.165) is 22.3 Å². The third-order valence-electron chi connectivity index (χ3n) is 3.42. The monoisotopic (exact) mass is 417 g/mol. The van der Waals surface area contributed by atoms with Gasteiger partial charge in [0.15, 0.2) is 0 Å². The summed E-state index contributed by atoms with van der Waals surface area (Å²) in [5.41, 5.74) is -0.962. The Morgan fingerprint density at radius 3 is 2.81 bits per heavy atom. The van der Waals surface area contributed by atoms with E-state index < -0.39 is 27.9 Å². The maximum atomic E-state index is 12.9. The molecule has 1 amide bonds. The van der Waals surface area contributed by atoms with E-state index in [1.54, 1.807) is 6.92 Å². The van der Waals surface area contributed by atoms with Crippen molar-refractivity contribution in [3.63, 3.8) is 0 Å². The van der Waals surface area contributed by atoms with Gasteiger partial charge in [0, 0.05) is 11.1 Å². The molecule has 0 fully saturated rings. The number of benzene rings is 1. The summed E-state index contributed by atoms with van der Waals surface area (Å²) < 4.78 is 38.7. The summed E-state index contributed by atoms with van der Waals surface area (Å²) in [6.07, 6.45) is -3.18. The van der Waals surface area contributed by atoms with Crippen LogP contribution < -0.4 is 5.32 Å². The van der Waals surface area contributed by atoms with Gasteiger partial charge in [-0.05, 0) is 36.6 Å². The Hall–Kier alpha value is -1.84. The van der Waals surface area contributed by atoms with Gasteiger partial charge >= 0.3 is 6.18 Å². The number of hydrogen-bond donors (Lipinski definition) is 1. The van der Waals surface area contributed by atoms with Crippen LogP contribution in [0, 0.1) is 0 Å². The molecule has 0 radical (unpaired) electrons. The molecule has 136 valence electrons. The first-order valence-corrected chi connectivity index (χ1v) is 9.42. The van der Waals surface area contributed by atoms with E-state index in [2.05, 4.69) is 15.3 Å². The maximum absolute atomic E-state index is 12.9. The van der Waals surface area contributed by atoms with Crippen LogP contribution in [0.5, 0.6) is 0 Å². The van der Waals surface area contributed by atoms with Crippen molar-refractivity contribution in [3.8, 4) is 0 Å². The van der Waals surface area contributed by atoms with Gasteiger partial charge < -0.3 is 5.32 Å². The van der Waals surface area contributed by atoms with Gasteiger partial charge in [0.1, 0.15) is 16.2 Å². The number of carbonyl (C=O) groups excluding carboxylic acids is 1. The minimum atomic E-state index is -4.59. The summed E-state index contributed by atoms with van der Waals surface area (Å²) in [5.74, 6) is -0.438. The number of alkyl halides is 3. The number of amides is 1. The zero-order chi connectivity index (χ0) is 18.9. The number of thiophene rings is 1. The first-order chi connectivity index (χ1) is 12.3.